The third-order valence-electron chi connectivity index (χ3n) is 2.94. The van der Waals surface area contributed by atoms with E-state index in [1.165, 1.54) is 12.1 Å². The summed E-state index contributed by atoms with van der Waals surface area (Å²) < 4.78 is 26.4. The van der Waals surface area contributed by atoms with E-state index in [1.54, 1.807) is 12.1 Å². The second-order valence-electron chi connectivity index (χ2n) is 4.93. The minimum Gasteiger partial charge on any atom is -0.480 e. The summed E-state index contributed by atoms with van der Waals surface area (Å²) in [5.41, 5.74) is 6.27. The minimum absolute atomic E-state index is 0.0631. The lowest BCUT2D eigenvalue weighted by Gasteiger charge is -2.14. The molecule has 0 aliphatic rings. The van der Waals surface area contributed by atoms with Gasteiger partial charge in [-0.1, -0.05) is 24.1 Å². The summed E-state index contributed by atoms with van der Waals surface area (Å²) in [6, 6.07) is 5.11. The number of carbonyl (C=O) groups excluding carboxylic acids is 1. The van der Waals surface area contributed by atoms with Gasteiger partial charge in [-0.3, -0.25) is 4.79 Å². The zero-order valence-electron chi connectivity index (χ0n) is 13.4. The highest BCUT2D eigenvalue weighted by molar-refractivity contribution is 7.89. The summed E-state index contributed by atoms with van der Waals surface area (Å²) in [4.78, 5) is 20.2. The second-order valence-corrected chi connectivity index (χ2v) is 6.95. The average Bonchev–Trinajstić information content (AvgIpc) is 2.54. The van der Waals surface area contributed by atoms with E-state index >= 15 is 0 Å². The number of carbonyl (C=O) groups is 2. The van der Waals surface area contributed by atoms with Crippen molar-refractivity contribution >= 4 is 33.9 Å². The number of halogens is 1. The van der Waals surface area contributed by atoms with Gasteiger partial charge in [-0.2, -0.15) is 4.72 Å². The summed E-state index contributed by atoms with van der Waals surface area (Å²) in [6.07, 6.45) is 2.08. The Balaban J connectivity index is 0.00000118. The van der Waals surface area contributed by atoms with Gasteiger partial charge in [-0.05, 0) is 38.4 Å². The predicted molar refractivity (Wildman–Crippen MR) is 92.6 cm³/mol. The molecule has 0 bridgehead atoms. The lowest BCUT2D eigenvalue weighted by molar-refractivity contribution is -0.139. The normalized spacial score (nSPS) is 12.0. The van der Waals surface area contributed by atoms with Crippen LogP contribution in [0.1, 0.15) is 24.8 Å². The van der Waals surface area contributed by atoms with E-state index in [0.717, 1.165) is 5.56 Å². The lowest BCUT2D eigenvalue weighted by Crippen LogP contribution is -2.40. The van der Waals surface area contributed by atoms with Crippen molar-refractivity contribution in [3.05, 3.63) is 29.8 Å². The first-order valence-corrected chi connectivity index (χ1v) is 9.31. The number of benzene rings is 1. The predicted octanol–water partition coefficient (Wildman–Crippen LogP) is 1.28. The molecule has 1 aromatic rings. The van der Waals surface area contributed by atoms with Gasteiger partial charge in [0.15, 0.2) is 0 Å². The van der Waals surface area contributed by atoms with E-state index in [4.69, 9.17) is 27.2 Å². The molecule has 0 saturated heterocycles. The summed E-state index contributed by atoms with van der Waals surface area (Å²) in [5, 5.41) is 9.07. The van der Waals surface area contributed by atoms with Crippen molar-refractivity contribution in [2.75, 3.05) is 12.4 Å². The molecule has 0 aliphatic heterocycles. The number of nitrogens with two attached hydrogens (primary N) is 1. The Hall–Kier alpha value is -1.48. The first kappa shape index (κ1) is 22.5. The molecule has 4 N–H and O–H groups in total. The number of unbranched alkanes of at least 4 members (excludes halogenated alkanes) is 1. The van der Waals surface area contributed by atoms with Crippen molar-refractivity contribution in [2.24, 2.45) is 5.73 Å². The quantitative estimate of drug-likeness (QED) is 0.337. The van der Waals surface area contributed by atoms with E-state index in [9.17, 15) is 13.2 Å². The molecule has 0 amide bonds. The molecule has 0 radical (unpaired) electrons. The number of alkyl halides is 1. The smallest absolute Gasteiger partial charge is 0.321 e. The van der Waals surface area contributed by atoms with Crippen LogP contribution < -0.4 is 10.5 Å². The monoisotopic (exact) mass is 378 g/mol. The molecule has 1 rings (SSSR count). The van der Waals surface area contributed by atoms with Gasteiger partial charge in [0.25, 0.3) is 0 Å². The van der Waals surface area contributed by atoms with Crippen molar-refractivity contribution in [1.29, 1.82) is 0 Å². The maximum atomic E-state index is 12.1. The first-order chi connectivity index (χ1) is 11.3. The number of aliphatic carboxylic acids is 1. The van der Waals surface area contributed by atoms with Gasteiger partial charge in [-0.25, -0.2) is 8.42 Å². The molecule has 9 heteroatoms. The summed E-state index contributed by atoms with van der Waals surface area (Å²) >= 11 is 4.82. The van der Waals surface area contributed by atoms with Gasteiger partial charge in [0.05, 0.1) is 10.8 Å². The van der Waals surface area contributed by atoms with Crippen LogP contribution in [0.3, 0.4) is 0 Å². The Bertz CT molecular complexity index is 605. The molecule has 24 heavy (non-hydrogen) atoms. The molecule has 1 aromatic carbocycles. The van der Waals surface area contributed by atoms with E-state index in [-0.39, 0.29) is 17.2 Å². The topological polar surface area (TPSA) is 127 Å². The lowest BCUT2D eigenvalue weighted by atomic mass is 10.1. The summed E-state index contributed by atoms with van der Waals surface area (Å²) in [5.74, 6) is -1.07. The number of rotatable bonds is 9. The van der Waals surface area contributed by atoms with Crippen LogP contribution in [0.2, 0.25) is 0 Å². The highest BCUT2D eigenvalue weighted by atomic mass is 35.5. The van der Waals surface area contributed by atoms with Crippen LogP contribution in [0.25, 0.3) is 0 Å². The molecule has 0 heterocycles. The first-order valence-electron chi connectivity index (χ1n) is 7.30. The third-order valence-corrected chi connectivity index (χ3v) is 4.55. The number of carboxylic acid groups (broad SMARTS) is 1. The van der Waals surface area contributed by atoms with Gasteiger partial charge in [0, 0.05) is 0 Å². The van der Waals surface area contributed by atoms with Gasteiger partial charge in [0.1, 0.15) is 12.3 Å². The number of carboxylic acids is 1. The molecule has 0 unspecified atom stereocenters. The number of aryl methyl sites for hydroxylation is 1. The zero-order valence-corrected chi connectivity index (χ0v) is 15.0. The average molecular weight is 379 g/mol. The summed E-state index contributed by atoms with van der Waals surface area (Å²) in [6.45, 7) is 2.30. The fourth-order valence-electron chi connectivity index (χ4n) is 1.70. The molecule has 7 nitrogen and oxygen atoms in total. The number of aldehydes is 1. The highest BCUT2D eigenvalue weighted by Gasteiger charge is 2.24. The van der Waals surface area contributed by atoms with Crippen molar-refractivity contribution in [2.45, 2.75) is 37.1 Å². The number of hydrogen-bond acceptors (Lipinski definition) is 5. The standard InChI is InChI=1S/C13H20N2O4S.C2H3ClO/c1-10-5-7-11(8-6-10)20(18,19)15-12(13(16)17)4-2-3-9-14;3-1-2-4/h5-8,12,15H,2-4,9,14H2,1H3,(H,16,17);2H,1H2/t12-;/m0./s1. The Kier molecular flexibility index (Phi) is 11.2. The van der Waals surface area contributed by atoms with Crippen molar-refractivity contribution in [3.8, 4) is 0 Å². The molecule has 0 fully saturated rings. The Morgan fingerprint density at radius 2 is 1.88 bits per heavy atom. The number of hydrogen-bond donors (Lipinski definition) is 3. The van der Waals surface area contributed by atoms with E-state index < -0.39 is 22.0 Å². The maximum Gasteiger partial charge on any atom is 0.321 e. The Morgan fingerprint density at radius 3 is 2.29 bits per heavy atom. The fraction of sp³-hybridized carbons (Fsp3) is 0.467. The van der Waals surface area contributed by atoms with Gasteiger partial charge in [0.2, 0.25) is 10.0 Å². The second kappa shape index (κ2) is 12.0. The van der Waals surface area contributed by atoms with Crippen LogP contribution in [0.15, 0.2) is 29.2 Å². The summed E-state index contributed by atoms with van der Waals surface area (Å²) in [7, 11) is -3.82. The Labute approximate surface area is 147 Å². The molecular weight excluding hydrogens is 356 g/mol. The molecule has 0 aliphatic carbocycles. The van der Waals surface area contributed by atoms with Crippen LogP contribution in [0.5, 0.6) is 0 Å². The largest absolute Gasteiger partial charge is 0.480 e. The minimum atomic E-state index is -3.82. The van der Waals surface area contributed by atoms with Crippen molar-refractivity contribution in [1.82, 2.24) is 4.72 Å². The number of sulfonamides is 1. The highest BCUT2D eigenvalue weighted by Crippen LogP contribution is 2.12. The molecule has 0 aromatic heterocycles. The van der Waals surface area contributed by atoms with Crippen LogP contribution in [-0.4, -0.2) is 44.2 Å². The van der Waals surface area contributed by atoms with Gasteiger partial charge < -0.3 is 15.6 Å². The van der Waals surface area contributed by atoms with Crippen molar-refractivity contribution in [3.63, 3.8) is 0 Å². The van der Waals surface area contributed by atoms with E-state index in [0.29, 0.717) is 25.7 Å². The van der Waals surface area contributed by atoms with Crippen LogP contribution in [-0.2, 0) is 19.6 Å². The molecular formula is C15H23ClN2O5S. The van der Waals surface area contributed by atoms with Crippen molar-refractivity contribution < 1.29 is 23.1 Å². The zero-order chi connectivity index (χ0) is 18.6. The van der Waals surface area contributed by atoms with Crippen LogP contribution in [0, 0.1) is 6.92 Å². The number of nitrogens with one attached hydrogen (secondary N) is 1. The van der Waals surface area contributed by atoms with Gasteiger partial charge >= 0.3 is 5.97 Å². The fourth-order valence-corrected chi connectivity index (χ4v) is 2.92. The van der Waals surface area contributed by atoms with Crippen LogP contribution in [0.4, 0.5) is 0 Å². The van der Waals surface area contributed by atoms with E-state index in [2.05, 4.69) is 4.72 Å². The van der Waals surface area contributed by atoms with E-state index in [1.807, 2.05) is 6.92 Å². The SMILES string of the molecule is Cc1ccc(S(=O)(=O)N[C@@H](CCCCN)C(=O)O)cc1.O=CCCl. The van der Waals surface area contributed by atoms with Gasteiger partial charge in [-0.15, -0.1) is 11.6 Å². The Morgan fingerprint density at radius 1 is 1.33 bits per heavy atom. The molecule has 136 valence electrons. The van der Waals surface area contributed by atoms with Crippen LogP contribution >= 0.6 is 11.6 Å². The molecule has 0 saturated carbocycles. The third kappa shape index (κ3) is 8.97. The maximum absolute atomic E-state index is 12.1. The molecule has 0 spiro atoms. The molecule has 1 atom stereocenters.